The van der Waals surface area contributed by atoms with E-state index in [0.29, 0.717) is 96.6 Å². The number of hydrogen-bond donors (Lipinski definition) is 0. The van der Waals surface area contributed by atoms with Gasteiger partial charge < -0.3 is 27.9 Å². The molecule has 0 radical (unpaired) electrons. The average Bonchev–Trinajstić information content (AvgIpc) is 3.80. The number of halogens is 1. The molecule has 2 amide bonds. The van der Waals surface area contributed by atoms with Gasteiger partial charge in [-0.15, -0.1) is 0 Å². The Morgan fingerprint density at radius 3 is 2.21 bits per heavy atom. The summed E-state index contributed by atoms with van der Waals surface area (Å²) in [5.41, 5.74) is 5.57. The molecular weight excluding hydrogens is 948 g/mol. The minimum absolute atomic E-state index is 0.00876. The summed E-state index contributed by atoms with van der Waals surface area (Å²) in [4.78, 5) is 48.6. The maximum Gasteiger partial charge on any atom is 0.410 e. The van der Waals surface area contributed by atoms with Crippen LogP contribution in [0.5, 0.6) is 11.5 Å². The Hall–Kier alpha value is -5.61. The number of aryl methyl sites for hydroxylation is 1. The molecule has 0 aliphatic carbocycles. The predicted octanol–water partition coefficient (Wildman–Crippen LogP) is 11.7. The third-order valence-electron chi connectivity index (χ3n) is 13.9. The van der Waals surface area contributed by atoms with Crippen LogP contribution in [0.4, 0.5) is 16.2 Å². The van der Waals surface area contributed by atoms with E-state index in [1.165, 1.54) is 0 Å². The lowest BCUT2D eigenvalue weighted by Gasteiger charge is -2.41. The van der Waals surface area contributed by atoms with Gasteiger partial charge in [-0.1, -0.05) is 44.5 Å². The number of carbonyl (C=O) groups is 3. The zero-order chi connectivity index (χ0) is 52.5. The Balaban J connectivity index is 1.18. The topological polar surface area (TPSA) is 130 Å². The van der Waals surface area contributed by atoms with Gasteiger partial charge in [-0.2, -0.15) is 5.10 Å². The van der Waals surface area contributed by atoms with E-state index >= 15 is 4.79 Å². The van der Waals surface area contributed by atoms with Gasteiger partial charge in [0.1, 0.15) is 22.7 Å². The number of benzene rings is 3. The van der Waals surface area contributed by atoms with Crippen molar-refractivity contribution in [1.29, 1.82) is 0 Å². The molecule has 1 saturated heterocycles. The Morgan fingerprint density at radius 2 is 1.56 bits per heavy atom. The lowest BCUT2D eigenvalue weighted by Crippen LogP contribution is -2.53. The Bertz CT molecular complexity index is 2760. The number of hydrogen-bond acceptors (Lipinski definition) is 10. The zero-order valence-corrected chi connectivity index (χ0v) is 46.7. The fourth-order valence-electron chi connectivity index (χ4n) is 8.92. The first kappa shape index (κ1) is 54.2. The van der Waals surface area contributed by atoms with Crippen molar-refractivity contribution >= 4 is 49.3 Å². The Morgan fingerprint density at radius 1 is 0.875 bits per heavy atom. The minimum Gasteiger partial charge on any atom is -0.544 e. The second kappa shape index (κ2) is 21.5. The molecule has 0 spiro atoms. The highest BCUT2D eigenvalue weighted by Crippen LogP contribution is 2.40. The number of amides is 2. The molecule has 0 bridgehead atoms. The van der Waals surface area contributed by atoms with Crippen molar-refractivity contribution < 1.29 is 37.8 Å². The van der Waals surface area contributed by atoms with E-state index in [1.54, 1.807) is 29.3 Å². The van der Waals surface area contributed by atoms with Crippen LogP contribution in [0.25, 0.3) is 11.3 Å². The molecule has 72 heavy (non-hydrogen) atoms. The van der Waals surface area contributed by atoms with Crippen LogP contribution in [0.15, 0.2) is 72.9 Å². The molecule has 1 unspecified atom stereocenters. The van der Waals surface area contributed by atoms with Crippen LogP contribution in [0, 0.1) is 6.92 Å². The first-order chi connectivity index (χ1) is 33.7. The van der Waals surface area contributed by atoms with Gasteiger partial charge in [0.2, 0.25) is 8.32 Å². The molecule has 2 aromatic heterocycles. The van der Waals surface area contributed by atoms with Crippen LogP contribution in [-0.2, 0) is 47.7 Å². The Kier molecular flexibility index (Phi) is 16.1. The number of fused-ring (bicyclic) bond motifs is 1. The van der Waals surface area contributed by atoms with E-state index in [-0.39, 0.29) is 23.1 Å². The monoisotopic (exact) mass is 1020 g/mol. The van der Waals surface area contributed by atoms with Crippen molar-refractivity contribution in [3.8, 4) is 22.8 Å². The third kappa shape index (κ3) is 12.6. The van der Waals surface area contributed by atoms with Crippen molar-refractivity contribution in [2.75, 3.05) is 44.4 Å². The van der Waals surface area contributed by atoms with Gasteiger partial charge in [0.05, 0.1) is 54.6 Å². The zero-order valence-electron chi connectivity index (χ0n) is 44.9. The van der Waals surface area contributed by atoms with E-state index in [1.807, 2.05) is 119 Å². The molecule has 7 rings (SSSR count). The number of rotatable bonds is 14. The number of anilines is 2. The first-order valence-electron chi connectivity index (χ1n) is 25.1. The molecule has 388 valence electrons. The molecule has 0 N–H and O–H groups in total. The van der Waals surface area contributed by atoms with Crippen molar-refractivity contribution in [3.63, 3.8) is 0 Å². The van der Waals surface area contributed by atoms with Crippen molar-refractivity contribution in [3.05, 3.63) is 112 Å². The molecule has 3 aromatic carbocycles. The van der Waals surface area contributed by atoms with Gasteiger partial charge in [0, 0.05) is 73.5 Å². The average molecular weight is 1020 g/mol. The van der Waals surface area contributed by atoms with E-state index < -0.39 is 25.5 Å². The van der Waals surface area contributed by atoms with Crippen LogP contribution in [0.3, 0.4) is 0 Å². The number of carbonyl (C=O) groups excluding carboxylic acids is 3. The molecule has 16 heteroatoms. The van der Waals surface area contributed by atoms with E-state index in [9.17, 15) is 9.59 Å². The SMILES string of the molecule is Cc1c(C(=O)N(c2ccc(O[Si](C)(C)C(C)(C)C)cc2)c2cnn(C)c2CCCOc2cccc3c2CC(CN2CCOCC2)N(C(=O)OC(C)(C)C)C3)cc(-c2cc(Cl)ccc2C(=O)OC(C)(C)C)n1C. The van der Waals surface area contributed by atoms with Crippen molar-refractivity contribution in [2.45, 2.75) is 130 Å². The minimum atomic E-state index is -2.17. The van der Waals surface area contributed by atoms with Crippen molar-refractivity contribution in [2.24, 2.45) is 14.1 Å². The van der Waals surface area contributed by atoms with Crippen LogP contribution in [0.2, 0.25) is 23.2 Å². The van der Waals surface area contributed by atoms with Gasteiger partial charge in [-0.25, -0.2) is 9.59 Å². The number of esters is 1. The number of ether oxygens (including phenoxy) is 4. The smallest absolute Gasteiger partial charge is 0.410 e. The highest BCUT2D eigenvalue weighted by molar-refractivity contribution is 6.74. The third-order valence-corrected chi connectivity index (χ3v) is 18.5. The summed E-state index contributed by atoms with van der Waals surface area (Å²) in [6.07, 6.45) is 3.22. The predicted molar refractivity (Wildman–Crippen MR) is 286 cm³/mol. The van der Waals surface area contributed by atoms with Gasteiger partial charge in [-0.3, -0.25) is 24.2 Å². The molecule has 0 saturated carbocycles. The molecule has 2 aliphatic rings. The lowest BCUT2D eigenvalue weighted by atomic mass is 9.93. The van der Waals surface area contributed by atoms with Gasteiger partial charge >= 0.3 is 12.1 Å². The fourth-order valence-corrected chi connectivity index (χ4v) is 10.1. The second-order valence-electron chi connectivity index (χ2n) is 22.6. The Labute approximate surface area is 432 Å². The molecule has 4 heterocycles. The summed E-state index contributed by atoms with van der Waals surface area (Å²) in [6, 6.07) is 20.5. The van der Waals surface area contributed by atoms with Crippen molar-refractivity contribution in [1.82, 2.24) is 24.1 Å². The number of aromatic nitrogens is 3. The van der Waals surface area contributed by atoms with Crippen LogP contribution < -0.4 is 14.1 Å². The second-order valence-corrected chi connectivity index (χ2v) is 27.8. The molecular formula is C56H75ClN6O8Si. The first-order valence-corrected chi connectivity index (χ1v) is 28.4. The summed E-state index contributed by atoms with van der Waals surface area (Å²) in [7, 11) is 1.60. The summed E-state index contributed by atoms with van der Waals surface area (Å²) in [5.74, 6) is 0.775. The molecule has 14 nitrogen and oxygen atoms in total. The number of morpholine rings is 1. The standard InChI is InChI=1S/C56H75ClN6O8Si/c1-37-44(33-48(59(37)11)46-31-39(57)20-25-43(46)52(65)69-54(2,3)4)51(64)63(40-21-23-42(24-22-40)71-72(13,14)56(8,9)10)49-34-58-60(12)47(49)18-16-28-68-50-19-15-17-38-35-62(53(66)70-55(5,6)7)41(32-45(38)50)36-61-26-29-67-30-27-61/h15,17,19-25,31,33-34,41H,16,18,26-30,32,35-36H2,1-14H3. The molecule has 5 aromatic rings. The maximum atomic E-state index is 15.4. The quantitative estimate of drug-likeness (QED) is 0.0602. The van der Waals surface area contributed by atoms with E-state index in [0.717, 1.165) is 41.4 Å². The maximum absolute atomic E-state index is 15.4. The largest absolute Gasteiger partial charge is 0.544 e. The summed E-state index contributed by atoms with van der Waals surface area (Å²) in [5, 5.41) is 5.16. The molecule has 1 atom stereocenters. The van der Waals surface area contributed by atoms with Crippen LogP contribution >= 0.6 is 11.6 Å². The highest BCUT2D eigenvalue weighted by Gasteiger charge is 2.40. The normalized spacial score (nSPS) is 15.8. The van der Waals surface area contributed by atoms with Gasteiger partial charge in [-0.05, 0) is 146 Å². The van der Waals surface area contributed by atoms with Gasteiger partial charge in [0.15, 0.2) is 0 Å². The summed E-state index contributed by atoms with van der Waals surface area (Å²) in [6.45, 7) is 28.6. The number of nitrogens with zero attached hydrogens (tertiary/aromatic N) is 6. The fraction of sp³-hybridized carbons (Fsp3) is 0.500. The highest BCUT2D eigenvalue weighted by atomic mass is 35.5. The van der Waals surface area contributed by atoms with Crippen LogP contribution in [0.1, 0.15) is 112 Å². The summed E-state index contributed by atoms with van der Waals surface area (Å²) >= 11 is 6.58. The van der Waals surface area contributed by atoms with Gasteiger partial charge in [0.25, 0.3) is 5.91 Å². The lowest BCUT2D eigenvalue weighted by molar-refractivity contribution is -0.00420. The van der Waals surface area contributed by atoms with Crippen LogP contribution in [-0.4, -0.2) is 107 Å². The molecule has 1 fully saturated rings. The van der Waals surface area contributed by atoms with E-state index in [2.05, 4.69) is 44.8 Å². The van der Waals surface area contributed by atoms with E-state index in [4.69, 9.17) is 40.1 Å². The summed E-state index contributed by atoms with van der Waals surface area (Å²) < 4.78 is 34.4. The molecule has 2 aliphatic heterocycles.